The number of aromatic nitrogens is 5. The molecule has 5 heteroatoms. The van der Waals surface area contributed by atoms with E-state index in [0.29, 0.717) is 11.3 Å². The number of fused-ring (bicyclic) bond motifs is 10. The third-order valence-electron chi connectivity index (χ3n) is 9.59. The van der Waals surface area contributed by atoms with Crippen LogP contribution in [0.25, 0.3) is 61.4 Å². The van der Waals surface area contributed by atoms with Crippen molar-refractivity contribution in [3.05, 3.63) is 162 Å². The highest BCUT2D eigenvalue weighted by molar-refractivity contribution is 5.93. The highest BCUT2D eigenvalue weighted by Gasteiger charge is 2.33. The van der Waals surface area contributed by atoms with E-state index in [1.807, 2.05) is 18.2 Å². The van der Waals surface area contributed by atoms with Gasteiger partial charge in [-0.3, -0.25) is 13.5 Å². The van der Waals surface area contributed by atoms with Crippen molar-refractivity contribution in [1.29, 1.82) is 0 Å². The number of imidazole rings is 3. The zero-order valence-corrected chi connectivity index (χ0v) is 25.0. The molecule has 0 N–H and O–H groups in total. The quantitative estimate of drug-likeness (QED) is 0.204. The maximum absolute atomic E-state index is 8.10. The third-order valence-corrected chi connectivity index (χ3v) is 9.59. The molecule has 218 valence electrons. The summed E-state index contributed by atoms with van der Waals surface area (Å²) >= 11 is 0. The zero-order chi connectivity index (χ0) is 33.0. The maximum Gasteiger partial charge on any atom is 0.220 e. The molecule has 0 amide bonds. The minimum absolute atomic E-state index is 0.0553. The molecule has 1 aliphatic heterocycles. The molecular formula is C41H29N5. The Morgan fingerprint density at radius 1 is 0.565 bits per heavy atom. The summed E-state index contributed by atoms with van der Waals surface area (Å²) in [5.41, 5.74) is 13.8. The lowest BCUT2D eigenvalue weighted by atomic mass is 9.90. The van der Waals surface area contributed by atoms with Gasteiger partial charge in [-0.05, 0) is 89.6 Å². The molecule has 9 aromatic rings. The lowest BCUT2D eigenvalue weighted by Gasteiger charge is -2.13. The summed E-state index contributed by atoms with van der Waals surface area (Å²) in [5, 5.41) is 0. The highest BCUT2D eigenvalue weighted by atomic mass is 15.2. The molecule has 0 saturated carbocycles. The zero-order valence-electron chi connectivity index (χ0n) is 28.0. The molecule has 0 saturated heterocycles. The first kappa shape index (κ1) is 22.6. The van der Waals surface area contributed by atoms with Gasteiger partial charge in [-0.15, -0.1) is 0 Å². The van der Waals surface area contributed by atoms with Crippen molar-refractivity contribution in [2.45, 2.75) is 19.7 Å². The van der Waals surface area contributed by atoms with E-state index in [0.717, 1.165) is 50.2 Å². The Balaban J connectivity index is 1.04. The van der Waals surface area contributed by atoms with Crippen molar-refractivity contribution in [1.82, 2.24) is 23.5 Å². The molecular weight excluding hydrogens is 562 g/mol. The molecule has 10 rings (SSSR count). The van der Waals surface area contributed by atoms with Crippen LogP contribution in [0.5, 0.6) is 0 Å². The minimum atomic E-state index is -2.26. The Labute approximate surface area is 269 Å². The second-order valence-electron chi connectivity index (χ2n) is 12.2. The largest absolute Gasteiger partial charge is 0.295 e. The number of hydrogen-bond acceptors (Lipinski definition) is 2. The summed E-state index contributed by atoms with van der Waals surface area (Å²) < 4.78 is 30.8. The van der Waals surface area contributed by atoms with Crippen molar-refractivity contribution in [2.24, 2.45) is 0 Å². The van der Waals surface area contributed by atoms with Crippen LogP contribution in [0.3, 0.4) is 0 Å². The monoisotopic (exact) mass is 594 g/mol. The first-order valence-corrected chi connectivity index (χ1v) is 15.6. The van der Waals surface area contributed by atoms with Crippen molar-refractivity contribution >= 4 is 38.9 Å². The van der Waals surface area contributed by atoms with Crippen LogP contribution in [0.4, 0.5) is 0 Å². The summed E-state index contributed by atoms with van der Waals surface area (Å²) in [7, 11) is 0. The van der Waals surface area contributed by atoms with Crippen LogP contribution < -0.4 is 0 Å². The molecule has 4 heterocycles. The predicted octanol–water partition coefficient (Wildman–Crippen LogP) is 9.55. The first-order chi connectivity index (χ1) is 23.9. The van der Waals surface area contributed by atoms with E-state index in [9.17, 15) is 0 Å². The van der Waals surface area contributed by atoms with E-state index in [1.165, 1.54) is 22.4 Å². The Hall–Kier alpha value is -5.94. The van der Waals surface area contributed by atoms with E-state index in [-0.39, 0.29) is 11.5 Å². The van der Waals surface area contributed by atoms with Gasteiger partial charge in [0, 0.05) is 9.80 Å². The Bertz CT molecular complexity index is 2760. The van der Waals surface area contributed by atoms with Gasteiger partial charge in [0.1, 0.15) is 5.82 Å². The Morgan fingerprint density at radius 3 is 2.02 bits per heavy atom. The molecule has 1 unspecified atom stereocenters. The third kappa shape index (κ3) is 3.40. The van der Waals surface area contributed by atoms with Gasteiger partial charge >= 0.3 is 0 Å². The fraction of sp³-hybridized carbons (Fsp3) is 0.0732. The number of rotatable bonds is 3. The molecule has 1 aliphatic rings. The summed E-state index contributed by atoms with van der Waals surface area (Å²) in [6.45, 7) is -0.132. The summed E-state index contributed by atoms with van der Waals surface area (Å²) in [4.78, 5) is 10.1. The van der Waals surface area contributed by atoms with Gasteiger partial charge in [-0.25, -0.2) is 9.97 Å². The van der Waals surface area contributed by atoms with Crippen LogP contribution in [0.2, 0.25) is 0 Å². The smallest absolute Gasteiger partial charge is 0.220 e. The topological polar surface area (TPSA) is 40.0 Å². The van der Waals surface area contributed by atoms with Gasteiger partial charge in [-0.2, -0.15) is 0 Å². The van der Waals surface area contributed by atoms with E-state index in [2.05, 4.69) is 124 Å². The predicted molar refractivity (Wildman–Crippen MR) is 186 cm³/mol. The molecule has 3 aromatic heterocycles. The minimum Gasteiger partial charge on any atom is -0.295 e. The summed E-state index contributed by atoms with van der Waals surface area (Å²) in [5.74, 6) is 1.80. The van der Waals surface area contributed by atoms with Crippen LogP contribution in [0.15, 0.2) is 133 Å². The number of para-hydroxylation sites is 5. The van der Waals surface area contributed by atoms with Gasteiger partial charge in [0.2, 0.25) is 5.78 Å². The Kier molecular flexibility index (Phi) is 4.55. The van der Waals surface area contributed by atoms with Gasteiger partial charge in [0.15, 0.2) is 0 Å². The van der Waals surface area contributed by atoms with Gasteiger partial charge in [-0.1, -0.05) is 91.0 Å². The van der Waals surface area contributed by atoms with Crippen molar-refractivity contribution in [3.63, 3.8) is 0 Å². The standard InChI is InChI=1S/C41H29N5/c1-25-9-7-15-35-38(25)42-40-37(31-11-3-4-12-32(31)45(35)40)29-19-17-27(18-20-29)28-21-23-30(24-22-28)44-33-13-5-6-14-34(33)46-36-16-8-10-26(2)39(36)43-41(44)46/h3-24,37H,1-2H3/i2D3. The number of benzene rings is 6. The van der Waals surface area contributed by atoms with Crippen LogP contribution >= 0.6 is 0 Å². The molecule has 0 aliphatic carbocycles. The number of hydrogen-bond donors (Lipinski definition) is 0. The molecule has 0 fully saturated rings. The highest BCUT2D eigenvalue weighted by Crippen LogP contribution is 2.44. The van der Waals surface area contributed by atoms with Gasteiger partial charge < -0.3 is 0 Å². The number of nitrogens with zero attached hydrogens (tertiary/aromatic N) is 5. The summed E-state index contributed by atoms with van der Waals surface area (Å²) in [6, 6.07) is 45.9. The molecule has 0 spiro atoms. The van der Waals surface area contributed by atoms with Crippen LogP contribution in [-0.4, -0.2) is 23.5 Å². The second-order valence-corrected chi connectivity index (χ2v) is 12.2. The fourth-order valence-corrected chi connectivity index (χ4v) is 7.46. The van der Waals surface area contributed by atoms with Crippen molar-refractivity contribution < 1.29 is 4.11 Å². The van der Waals surface area contributed by atoms with Crippen LogP contribution in [-0.2, 0) is 0 Å². The van der Waals surface area contributed by atoms with Crippen LogP contribution in [0.1, 0.15) is 38.1 Å². The molecule has 5 nitrogen and oxygen atoms in total. The average molecular weight is 595 g/mol. The molecule has 1 atom stereocenters. The first-order valence-electron chi connectivity index (χ1n) is 17.1. The van der Waals surface area contributed by atoms with E-state index in [1.54, 1.807) is 12.1 Å². The summed E-state index contributed by atoms with van der Waals surface area (Å²) in [6.07, 6.45) is 0. The van der Waals surface area contributed by atoms with Crippen molar-refractivity contribution in [3.8, 4) is 22.5 Å². The molecule has 6 aromatic carbocycles. The Morgan fingerprint density at radius 2 is 1.22 bits per heavy atom. The lowest BCUT2D eigenvalue weighted by molar-refractivity contribution is 0.909. The van der Waals surface area contributed by atoms with E-state index >= 15 is 0 Å². The molecule has 0 radical (unpaired) electrons. The second kappa shape index (κ2) is 9.29. The fourth-order valence-electron chi connectivity index (χ4n) is 7.46. The maximum atomic E-state index is 8.10. The number of aryl methyl sites for hydroxylation is 2. The normalized spacial score (nSPS) is 15.3. The lowest BCUT2D eigenvalue weighted by Crippen LogP contribution is -2.01. The molecule has 46 heavy (non-hydrogen) atoms. The van der Waals surface area contributed by atoms with E-state index < -0.39 is 6.85 Å². The molecule has 0 bridgehead atoms. The van der Waals surface area contributed by atoms with E-state index in [4.69, 9.17) is 14.1 Å². The van der Waals surface area contributed by atoms with Crippen LogP contribution in [0, 0.1) is 13.8 Å². The van der Waals surface area contributed by atoms with Gasteiger partial charge in [0.05, 0.1) is 44.7 Å². The average Bonchev–Trinajstić information content (AvgIpc) is 3.85. The van der Waals surface area contributed by atoms with Gasteiger partial charge in [0.25, 0.3) is 0 Å². The van der Waals surface area contributed by atoms with Crippen molar-refractivity contribution in [2.75, 3.05) is 0 Å². The SMILES string of the molecule is [2H]C([2H])([2H])c1cccc2c1nc1n(-c3ccc(-c4ccc(C5c6ccccc6-n6c5nc5c(C)cccc56)cc4)cc3)c3ccccc3n21.